The molecule has 0 aliphatic carbocycles. The van der Waals surface area contributed by atoms with Crippen molar-refractivity contribution >= 4 is 29.9 Å². The fourth-order valence-electron chi connectivity index (χ4n) is 4.05. The third kappa shape index (κ3) is 6.72. The Morgan fingerprint density at radius 1 is 1.15 bits per heavy atom. The summed E-state index contributed by atoms with van der Waals surface area (Å²) in [5, 5.41) is 3.50. The molecule has 1 unspecified atom stereocenters. The minimum atomic E-state index is 0. The lowest BCUT2D eigenvalue weighted by Crippen LogP contribution is -2.40. The normalized spacial score (nSPS) is 21.0. The van der Waals surface area contributed by atoms with E-state index in [2.05, 4.69) is 52.4 Å². The number of halogens is 1. The highest BCUT2D eigenvalue weighted by Gasteiger charge is 2.24. The van der Waals surface area contributed by atoms with Gasteiger partial charge in [-0.1, -0.05) is 30.3 Å². The van der Waals surface area contributed by atoms with Crippen LogP contribution in [0.1, 0.15) is 38.2 Å². The quantitative estimate of drug-likeness (QED) is 0.286. The molecule has 2 fully saturated rings. The standard InChI is InChI=1S/C21H34N4.HI/c1-2-22-21(23-12-8-15-24-13-6-7-14-24)25-16-11-20(18-25)17-19-9-4-3-5-10-19;/h3-5,9-10,20H,2,6-8,11-18H2,1H3,(H,22,23);1H. The molecule has 4 nitrogen and oxygen atoms in total. The third-order valence-electron chi connectivity index (χ3n) is 5.38. The van der Waals surface area contributed by atoms with E-state index < -0.39 is 0 Å². The Hall–Kier alpha value is -0.820. The Kier molecular flexibility index (Phi) is 9.75. The lowest BCUT2D eigenvalue weighted by molar-refractivity contribution is 0.335. The summed E-state index contributed by atoms with van der Waals surface area (Å²) < 4.78 is 0. The van der Waals surface area contributed by atoms with Crippen molar-refractivity contribution in [1.29, 1.82) is 0 Å². The first kappa shape index (κ1) is 21.5. The van der Waals surface area contributed by atoms with Crippen molar-refractivity contribution in [1.82, 2.24) is 15.1 Å². The molecule has 0 spiro atoms. The lowest BCUT2D eigenvalue weighted by Gasteiger charge is -2.22. The molecule has 0 amide bonds. The number of rotatable bonds is 7. The SMILES string of the molecule is CCNC(=NCCCN1CCCC1)N1CCC(Cc2ccccc2)C1.I. The molecule has 2 aliphatic rings. The van der Waals surface area contributed by atoms with Gasteiger partial charge in [-0.25, -0.2) is 0 Å². The summed E-state index contributed by atoms with van der Waals surface area (Å²) >= 11 is 0. The van der Waals surface area contributed by atoms with Crippen LogP contribution in [0.2, 0.25) is 0 Å². The second-order valence-electron chi connectivity index (χ2n) is 7.43. The van der Waals surface area contributed by atoms with Crippen LogP contribution in [0.4, 0.5) is 0 Å². The van der Waals surface area contributed by atoms with Crippen LogP contribution in [-0.4, -0.2) is 61.6 Å². The van der Waals surface area contributed by atoms with Crippen molar-refractivity contribution in [3.63, 3.8) is 0 Å². The molecule has 2 saturated heterocycles. The van der Waals surface area contributed by atoms with E-state index in [-0.39, 0.29) is 24.0 Å². The van der Waals surface area contributed by atoms with E-state index in [4.69, 9.17) is 4.99 Å². The van der Waals surface area contributed by atoms with E-state index in [9.17, 15) is 0 Å². The predicted octanol–water partition coefficient (Wildman–Crippen LogP) is 3.62. The smallest absolute Gasteiger partial charge is 0.193 e. The second kappa shape index (κ2) is 11.8. The first-order chi connectivity index (χ1) is 12.3. The van der Waals surface area contributed by atoms with Gasteiger partial charge in [0.1, 0.15) is 0 Å². The topological polar surface area (TPSA) is 30.9 Å². The van der Waals surface area contributed by atoms with Crippen molar-refractivity contribution in [3.05, 3.63) is 35.9 Å². The molecule has 5 heteroatoms. The zero-order valence-corrected chi connectivity index (χ0v) is 18.5. The Balaban J connectivity index is 0.00000243. The fourth-order valence-corrected chi connectivity index (χ4v) is 4.05. The van der Waals surface area contributed by atoms with Crippen LogP contribution in [0.5, 0.6) is 0 Å². The molecule has 1 aromatic rings. The molecule has 2 aliphatic heterocycles. The van der Waals surface area contributed by atoms with Gasteiger partial charge >= 0.3 is 0 Å². The number of nitrogens with zero attached hydrogens (tertiary/aromatic N) is 3. The Morgan fingerprint density at radius 3 is 2.65 bits per heavy atom. The first-order valence-electron chi connectivity index (χ1n) is 10.1. The van der Waals surface area contributed by atoms with Gasteiger partial charge in [-0.05, 0) is 70.1 Å². The van der Waals surface area contributed by atoms with Gasteiger partial charge < -0.3 is 15.1 Å². The van der Waals surface area contributed by atoms with E-state index in [1.165, 1.54) is 57.3 Å². The van der Waals surface area contributed by atoms with Crippen molar-refractivity contribution in [3.8, 4) is 0 Å². The molecular formula is C21H35IN4. The molecule has 3 rings (SSSR count). The Bertz CT molecular complexity index is 528. The highest BCUT2D eigenvalue weighted by molar-refractivity contribution is 14.0. The molecule has 0 bridgehead atoms. The number of nitrogens with one attached hydrogen (secondary N) is 1. The number of benzene rings is 1. The van der Waals surface area contributed by atoms with Crippen molar-refractivity contribution in [2.75, 3.05) is 45.8 Å². The minimum Gasteiger partial charge on any atom is -0.357 e. The van der Waals surface area contributed by atoms with Gasteiger partial charge in [0.25, 0.3) is 0 Å². The summed E-state index contributed by atoms with van der Waals surface area (Å²) in [4.78, 5) is 9.95. The maximum Gasteiger partial charge on any atom is 0.193 e. The highest BCUT2D eigenvalue weighted by atomic mass is 127. The minimum absolute atomic E-state index is 0. The molecule has 146 valence electrons. The number of hydrogen-bond donors (Lipinski definition) is 1. The molecule has 26 heavy (non-hydrogen) atoms. The van der Waals surface area contributed by atoms with Crippen LogP contribution in [0.25, 0.3) is 0 Å². The van der Waals surface area contributed by atoms with Crippen LogP contribution < -0.4 is 5.32 Å². The summed E-state index contributed by atoms with van der Waals surface area (Å²) in [6.07, 6.45) is 6.39. The van der Waals surface area contributed by atoms with Gasteiger partial charge in [-0.2, -0.15) is 0 Å². The van der Waals surface area contributed by atoms with Gasteiger partial charge in [0.15, 0.2) is 5.96 Å². The second-order valence-corrected chi connectivity index (χ2v) is 7.43. The van der Waals surface area contributed by atoms with E-state index >= 15 is 0 Å². The monoisotopic (exact) mass is 470 g/mol. The molecule has 0 radical (unpaired) electrons. The van der Waals surface area contributed by atoms with Gasteiger partial charge in [0, 0.05) is 26.2 Å². The average molecular weight is 470 g/mol. The van der Waals surface area contributed by atoms with Gasteiger partial charge in [-0.15, -0.1) is 24.0 Å². The fraction of sp³-hybridized carbons (Fsp3) is 0.667. The summed E-state index contributed by atoms with van der Waals surface area (Å²) in [6, 6.07) is 10.9. The van der Waals surface area contributed by atoms with Crippen LogP contribution in [0.3, 0.4) is 0 Å². The molecule has 1 aromatic carbocycles. The molecular weight excluding hydrogens is 435 g/mol. The van der Waals surface area contributed by atoms with E-state index in [0.717, 1.165) is 38.1 Å². The van der Waals surface area contributed by atoms with Crippen molar-refractivity contribution in [2.24, 2.45) is 10.9 Å². The lowest BCUT2D eigenvalue weighted by atomic mass is 9.99. The summed E-state index contributed by atoms with van der Waals surface area (Å²) in [6.45, 7) is 10.1. The van der Waals surface area contributed by atoms with E-state index in [1.54, 1.807) is 0 Å². The van der Waals surface area contributed by atoms with Crippen LogP contribution in [0, 0.1) is 5.92 Å². The molecule has 2 heterocycles. The molecule has 1 N–H and O–H groups in total. The molecule has 0 aromatic heterocycles. The summed E-state index contributed by atoms with van der Waals surface area (Å²) in [5.41, 5.74) is 1.46. The van der Waals surface area contributed by atoms with Crippen LogP contribution in [-0.2, 0) is 6.42 Å². The number of guanidine groups is 1. The maximum absolute atomic E-state index is 4.90. The summed E-state index contributed by atoms with van der Waals surface area (Å²) in [5.74, 6) is 1.87. The largest absolute Gasteiger partial charge is 0.357 e. The maximum atomic E-state index is 4.90. The molecule has 1 atom stereocenters. The highest BCUT2D eigenvalue weighted by Crippen LogP contribution is 2.21. The van der Waals surface area contributed by atoms with Gasteiger partial charge in [0.2, 0.25) is 0 Å². The van der Waals surface area contributed by atoms with Crippen molar-refractivity contribution in [2.45, 2.75) is 39.0 Å². The molecule has 0 saturated carbocycles. The third-order valence-corrected chi connectivity index (χ3v) is 5.38. The average Bonchev–Trinajstić information content (AvgIpc) is 3.31. The number of aliphatic imine (C=N–C) groups is 1. The van der Waals surface area contributed by atoms with Crippen LogP contribution in [0.15, 0.2) is 35.3 Å². The van der Waals surface area contributed by atoms with Crippen molar-refractivity contribution < 1.29 is 0 Å². The zero-order chi connectivity index (χ0) is 17.3. The van der Waals surface area contributed by atoms with E-state index in [0.29, 0.717) is 0 Å². The Labute approximate surface area is 176 Å². The zero-order valence-electron chi connectivity index (χ0n) is 16.2. The first-order valence-corrected chi connectivity index (χ1v) is 10.1. The summed E-state index contributed by atoms with van der Waals surface area (Å²) in [7, 11) is 0. The number of likely N-dealkylation sites (tertiary alicyclic amines) is 2. The Morgan fingerprint density at radius 2 is 1.92 bits per heavy atom. The number of hydrogen-bond acceptors (Lipinski definition) is 2. The van der Waals surface area contributed by atoms with Crippen LogP contribution >= 0.6 is 24.0 Å². The van der Waals surface area contributed by atoms with Gasteiger partial charge in [-0.3, -0.25) is 4.99 Å². The van der Waals surface area contributed by atoms with Gasteiger partial charge in [0.05, 0.1) is 0 Å². The predicted molar refractivity (Wildman–Crippen MR) is 122 cm³/mol. The van der Waals surface area contributed by atoms with E-state index in [1.807, 2.05) is 0 Å².